The van der Waals surface area contributed by atoms with Gasteiger partial charge in [-0.3, -0.25) is 0 Å². The molecule has 1 unspecified atom stereocenters. The third-order valence-electron chi connectivity index (χ3n) is 2.86. The topological polar surface area (TPSA) is 124 Å². The SMILES string of the molecule is [CH3][Sn]([CH3])([CH3])[CH](O)[C@@]1(S(=O)(=O)O)OC[C@@H](O)[C@@H]1O. The maximum absolute atomic E-state index is 11.4. The molecule has 0 saturated carbocycles. The Kier molecular flexibility index (Phi) is 4.21. The van der Waals surface area contributed by atoms with E-state index in [9.17, 15) is 28.3 Å². The third-order valence-corrected chi connectivity index (χ3v) is 10.8. The van der Waals surface area contributed by atoms with Gasteiger partial charge in [-0.05, 0) is 0 Å². The predicted molar refractivity (Wildman–Crippen MR) is 61.6 cm³/mol. The van der Waals surface area contributed by atoms with Crippen LogP contribution in [-0.4, -0.2) is 74.5 Å². The Morgan fingerprint density at radius 1 is 1.35 bits per heavy atom. The molecular formula is C8H18O7SSn. The average molecular weight is 377 g/mol. The Morgan fingerprint density at radius 2 is 1.82 bits per heavy atom. The van der Waals surface area contributed by atoms with Gasteiger partial charge >= 0.3 is 104 Å². The molecule has 1 aliphatic rings. The molecule has 4 atom stereocenters. The molecule has 1 rings (SSSR count). The molecule has 1 aliphatic heterocycles. The number of rotatable bonds is 3. The van der Waals surface area contributed by atoms with E-state index in [0.717, 1.165) is 0 Å². The zero-order valence-electron chi connectivity index (χ0n) is 9.86. The van der Waals surface area contributed by atoms with Crippen LogP contribution < -0.4 is 0 Å². The minimum atomic E-state index is -4.86. The second-order valence-electron chi connectivity index (χ2n) is 5.29. The molecule has 0 aromatic rings. The van der Waals surface area contributed by atoms with E-state index in [-0.39, 0.29) is 0 Å². The standard InChI is InChI=1S/C5H9O7S.3CH3.Sn/c6-2-5(13(9,10)11)4(8)3(7)1-12-5;;;;/h2-4,6-8H,1H2,(H,9,10,11);3*1H3;/t3-,4+,5+;;;;/m1..../s1. The molecule has 102 valence electrons. The van der Waals surface area contributed by atoms with Gasteiger partial charge in [-0.15, -0.1) is 0 Å². The number of hydrogen-bond acceptors (Lipinski definition) is 6. The number of ether oxygens (including phenoxy) is 1. The second kappa shape index (κ2) is 4.58. The first-order valence-electron chi connectivity index (χ1n) is 5.10. The number of hydrogen-bond donors (Lipinski definition) is 4. The van der Waals surface area contributed by atoms with Crippen molar-refractivity contribution in [2.75, 3.05) is 6.61 Å². The molecule has 1 fully saturated rings. The average Bonchev–Trinajstić information content (AvgIpc) is 2.41. The first-order chi connectivity index (χ1) is 7.44. The van der Waals surface area contributed by atoms with Crippen molar-refractivity contribution in [1.82, 2.24) is 0 Å². The van der Waals surface area contributed by atoms with E-state index in [1.807, 2.05) is 0 Å². The Morgan fingerprint density at radius 3 is 2.06 bits per heavy atom. The summed E-state index contributed by atoms with van der Waals surface area (Å²) in [5.41, 5.74) is 0. The maximum atomic E-state index is 11.4. The van der Waals surface area contributed by atoms with E-state index in [4.69, 9.17) is 4.74 Å². The fourth-order valence-electron chi connectivity index (χ4n) is 1.87. The fourth-order valence-corrected chi connectivity index (χ4v) is 10.7. The van der Waals surface area contributed by atoms with Gasteiger partial charge in [0.25, 0.3) is 0 Å². The molecule has 0 bridgehead atoms. The first kappa shape index (κ1) is 15.6. The molecule has 0 aliphatic carbocycles. The van der Waals surface area contributed by atoms with Gasteiger partial charge in [-0.1, -0.05) is 0 Å². The zero-order valence-corrected chi connectivity index (χ0v) is 13.5. The van der Waals surface area contributed by atoms with E-state index in [2.05, 4.69) is 0 Å². The van der Waals surface area contributed by atoms with Crippen molar-refractivity contribution < 1.29 is 33.0 Å². The van der Waals surface area contributed by atoms with E-state index >= 15 is 0 Å². The molecule has 0 amide bonds. The molecule has 0 radical (unpaired) electrons. The number of aliphatic hydroxyl groups excluding tert-OH is 3. The van der Waals surface area contributed by atoms with Crippen molar-refractivity contribution in [2.45, 2.75) is 36.1 Å². The van der Waals surface area contributed by atoms with Crippen LogP contribution in [0.2, 0.25) is 14.8 Å². The summed E-state index contributed by atoms with van der Waals surface area (Å²) >= 11 is -3.22. The van der Waals surface area contributed by atoms with E-state index in [1.54, 1.807) is 14.8 Å². The molecule has 4 N–H and O–H groups in total. The summed E-state index contributed by atoms with van der Waals surface area (Å²) < 4.78 is 35.5. The fraction of sp³-hybridized carbons (Fsp3) is 1.00. The van der Waals surface area contributed by atoms with Gasteiger partial charge < -0.3 is 0 Å². The minimum absolute atomic E-state index is 0.444. The van der Waals surface area contributed by atoms with Crippen molar-refractivity contribution in [2.24, 2.45) is 0 Å². The van der Waals surface area contributed by atoms with Crippen molar-refractivity contribution in [1.29, 1.82) is 0 Å². The Hall–Kier alpha value is 0.549. The van der Waals surface area contributed by atoms with Crippen LogP contribution >= 0.6 is 0 Å². The summed E-state index contributed by atoms with van der Waals surface area (Å²) in [6.07, 6.45) is -3.30. The number of aliphatic hydroxyl groups is 3. The monoisotopic (exact) mass is 378 g/mol. The summed E-state index contributed by atoms with van der Waals surface area (Å²) in [6.45, 7) is -0.444. The van der Waals surface area contributed by atoms with Crippen LogP contribution in [-0.2, 0) is 14.9 Å². The van der Waals surface area contributed by atoms with Crippen LogP contribution in [0.5, 0.6) is 0 Å². The van der Waals surface area contributed by atoms with Gasteiger partial charge in [0.15, 0.2) is 0 Å². The second-order valence-corrected chi connectivity index (χ2v) is 21.9. The van der Waals surface area contributed by atoms with Crippen LogP contribution in [0.25, 0.3) is 0 Å². The van der Waals surface area contributed by atoms with Gasteiger partial charge in [0.05, 0.1) is 0 Å². The quantitative estimate of drug-likeness (QED) is 0.351. The Balaban J connectivity index is 3.33. The van der Waals surface area contributed by atoms with Crippen molar-refractivity contribution in [3.8, 4) is 0 Å². The van der Waals surface area contributed by atoms with E-state index < -0.39 is 56.4 Å². The molecular weight excluding hydrogens is 359 g/mol. The van der Waals surface area contributed by atoms with Crippen LogP contribution in [0.15, 0.2) is 0 Å². The van der Waals surface area contributed by atoms with Crippen molar-refractivity contribution >= 4 is 28.5 Å². The summed E-state index contributed by atoms with van der Waals surface area (Å²) in [5, 5.41) is 29.2. The summed E-state index contributed by atoms with van der Waals surface area (Å²) in [5.74, 6) is 0. The normalized spacial score (nSPS) is 37.1. The van der Waals surface area contributed by atoms with Crippen LogP contribution in [0, 0.1) is 0 Å². The molecule has 7 nitrogen and oxygen atoms in total. The third kappa shape index (κ3) is 2.48. The van der Waals surface area contributed by atoms with Crippen LogP contribution in [0.1, 0.15) is 0 Å². The molecule has 17 heavy (non-hydrogen) atoms. The predicted octanol–water partition coefficient (Wildman–Crippen LogP) is -1.44. The van der Waals surface area contributed by atoms with Gasteiger partial charge in [-0.2, -0.15) is 0 Å². The van der Waals surface area contributed by atoms with Gasteiger partial charge in [0.1, 0.15) is 0 Å². The molecule has 9 heteroatoms. The summed E-state index contributed by atoms with van der Waals surface area (Å²) in [7, 11) is -4.86. The van der Waals surface area contributed by atoms with E-state index in [0.29, 0.717) is 0 Å². The molecule has 0 aromatic carbocycles. The Bertz CT molecular complexity index is 389. The van der Waals surface area contributed by atoms with E-state index in [1.165, 1.54) is 0 Å². The van der Waals surface area contributed by atoms with Gasteiger partial charge in [-0.25, -0.2) is 0 Å². The zero-order chi connectivity index (χ0) is 13.6. The van der Waals surface area contributed by atoms with Crippen molar-refractivity contribution in [3.63, 3.8) is 0 Å². The summed E-state index contributed by atoms with van der Waals surface area (Å²) in [6, 6.07) is 0. The van der Waals surface area contributed by atoms with Crippen LogP contribution in [0.4, 0.5) is 0 Å². The van der Waals surface area contributed by atoms with Crippen molar-refractivity contribution in [3.05, 3.63) is 0 Å². The molecule has 0 aromatic heterocycles. The van der Waals surface area contributed by atoms with Gasteiger partial charge in [0.2, 0.25) is 0 Å². The van der Waals surface area contributed by atoms with Gasteiger partial charge in [0, 0.05) is 0 Å². The molecule has 1 saturated heterocycles. The van der Waals surface area contributed by atoms with Crippen LogP contribution in [0.3, 0.4) is 0 Å². The molecule has 0 spiro atoms. The Labute approximate surface area is 104 Å². The first-order valence-corrected chi connectivity index (χ1v) is 16.7. The summed E-state index contributed by atoms with van der Waals surface area (Å²) in [4.78, 5) is 2.67. The molecule has 1 heterocycles.